The third-order valence-corrected chi connectivity index (χ3v) is 2.71. The van der Waals surface area contributed by atoms with Gasteiger partial charge in [0.05, 0.1) is 19.1 Å². The molecule has 0 fully saturated rings. The van der Waals surface area contributed by atoms with E-state index in [1.807, 2.05) is 6.92 Å². The van der Waals surface area contributed by atoms with Crippen LogP contribution in [0.3, 0.4) is 0 Å². The zero-order valence-corrected chi connectivity index (χ0v) is 10.8. The second kappa shape index (κ2) is 6.29. The Morgan fingerprint density at radius 3 is 2.50 bits per heavy atom. The molecule has 6 heteroatoms. The van der Waals surface area contributed by atoms with Gasteiger partial charge in [-0.1, -0.05) is 6.07 Å². The smallest absolute Gasteiger partial charge is 0.411 e. The molecule has 1 aromatic carbocycles. The first-order valence-corrected chi connectivity index (χ1v) is 5.70. The van der Waals surface area contributed by atoms with Gasteiger partial charge >= 0.3 is 6.18 Å². The van der Waals surface area contributed by atoms with Crippen molar-refractivity contribution < 1.29 is 22.6 Å². The van der Waals surface area contributed by atoms with Crippen LogP contribution in [-0.4, -0.2) is 26.5 Å². The summed E-state index contributed by atoms with van der Waals surface area (Å²) in [5.74, 6) is 0.677. The molecule has 2 nitrogen and oxygen atoms in total. The van der Waals surface area contributed by atoms with Crippen molar-refractivity contribution in [3.8, 4) is 5.75 Å². The Balaban J connectivity index is 2.59. The molecule has 0 aliphatic carbocycles. The van der Waals surface area contributed by atoms with Gasteiger partial charge in [-0.3, -0.25) is 0 Å². The first-order valence-electron chi connectivity index (χ1n) is 5.26. The van der Waals surface area contributed by atoms with Crippen LogP contribution in [0.25, 0.3) is 0 Å². The van der Waals surface area contributed by atoms with Crippen molar-refractivity contribution in [3.63, 3.8) is 0 Å². The van der Waals surface area contributed by atoms with Crippen LogP contribution in [0.15, 0.2) is 18.2 Å². The topological polar surface area (TPSA) is 18.5 Å². The Morgan fingerprint density at radius 2 is 2.00 bits per heavy atom. The maximum absolute atomic E-state index is 11.9. The molecule has 1 rings (SSSR count). The molecule has 0 spiro atoms. The third kappa shape index (κ3) is 4.74. The van der Waals surface area contributed by atoms with Gasteiger partial charge in [0.1, 0.15) is 12.4 Å². The minimum absolute atomic E-state index is 0.186. The van der Waals surface area contributed by atoms with Gasteiger partial charge in [-0.05, 0) is 30.2 Å². The monoisotopic (exact) mass is 282 g/mol. The molecule has 0 bridgehead atoms. The summed E-state index contributed by atoms with van der Waals surface area (Å²) in [5, 5.41) is -0.613. The third-order valence-electron chi connectivity index (χ3n) is 2.34. The number of aryl methyl sites for hydroxylation is 1. The molecule has 0 amide bonds. The maximum Gasteiger partial charge on any atom is 0.411 e. The highest BCUT2D eigenvalue weighted by atomic mass is 35.5. The van der Waals surface area contributed by atoms with Crippen molar-refractivity contribution in [2.24, 2.45) is 0 Å². The first kappa shape index (κ1) is 15.1. The second-order valence-corrected chi connectivity index (χ2v) is 4.35. The zero-order valence-electron chi connectivity index (χ0n) is 10.1. The van der Waals surface area contributed by atoms with E-state index in [-0.39, 0.29) is 6.61 Å². The molecule has 0 saturated heterocycles. The lowest BCUT2D eigenvalue weighted by Crippen LogP contribution is -2.18. The van der Waals surface area contributed by atoms with Gasteiger partial charge in [0.2, 0.25) is 0 Å². The quantitative estimate of drug-likeness (QED) is 0.764. The summed E-state index contributed by atoms with van der Waals surface area (Å²) < 4.78 is 45.3. The molecule has 1 unspecified atom stereocenters. The number of alkyl halides is 4. The molecule has 102 valence electrons. The summed E-state index contributed by atoms with van der Waals surface area (Å²) in [5.41, 5.74) is 1.59. The molecule has 0 N–H and O–H groups in total. The van der Waals surface area contributed by atoms with Crippen molar-refractivity contribution in [2.75, 3.05) is 20.3 Å². The van der Waals surface area contributed by atoms with Crippen LogP contribution in [0.4, 0.5) is 13.2 Å². The van der Waals surface area contributed by atoms with Crippen molar-refractivity contribution in [1.29, 1.82) is 0 Å². The number of ether oxygens (including phenoxy) is 2. The Kier molecular flexibility index (Phi) is 5.28. The summed E-state index contributed by atoms with van der Waals surface area (Å²) in [6.45, 7) is 0.344. The fourth-order valence-corrected chi connectivity index (χ4v) is 1.83. The average Bonchev–Trinajstić information content (AvgIpc) is 2.26. The molecule has 1 atom stereocenters. The van der Waals surface area contributed by atoms with Crippen LogP contribution >= 0.6 is 11.6 Å². The summed E-state index contributed by atoms with van der Waals surface area (Å²) in [6, 6.07) is 5.21. The lowest BCUT2D eigenvalue weighted by Gasteiger charge is -2.15. The van der Waals surface area contributed by atoms with Crippen LogP contribution in [0.1, 0.15) is 16.5 Å². The standard InChI is InChI=1S/C12H14ClF3O2/c1-8-5-9(17-2)3-4-10(8)11(13)6-18-7-12(14,15)16/h3-5,11H,6-7H2,1-2H3. The zero-order chi connectivity index (χ0) is 13.8. The van der Waals surface area contributed by atoms with Crippen LogP contribution in [0.2, 0.25) is 0 Å². The molecule has 0 aliphatic rings. The normalized spacial score (nSPS) is 13.4. The molecule has 0 saturated carbocycles. The van der Waals surface area contributed by atoms with Gasteiger partial charge in [-0.15, -0.1) is 11.6 Å². The van der Waals surface area contributed by atoms with E-state index in [9.17, 15) is 13.2 Å². The van der Waals surface area contributed by atoms with E-state index in [1.54, 1.807) is 25.3 Å². The summed E-state index contributed by atoms with van der Waals surface area (Å²) >= 11 is 6.00. The van der Waals surface area contributed by atoms with Crippen LogP contribution < -0.4 is 4.74 Å². The summed E-state index contributed by atoms with van der Waals surface area (Å²) in [7, 11) is 1.54. The van der Waals surface area contributed by atoms with Gasteiger partial charge in [-0.25, -0.2) is 0 Å². The Bertz CT molecular complexity index is 393. The molecule has 0 heterocycles. The predicted octanol–water partition coefficient (Wildman–Crippen LogP) is 3.86. The largest absolute Gasteiger partial charge is 0.497 e. The van der Waals surface area contributed by atoms with Gasteiger partial charge in [-0.2, -0.15) is 13.2 Å². The molecule has 0 aromatic heterocycles. The van der Waals surface area contributed by atoms with Gasteiger partial charge in [0, 0.05) is 0 Å². The molecule has 18 heavy (non-hydrogen) atoms. The highest BCUT2D eigenvalue weighted by Gasteiger charge is 2.28. The van der Waals surface area contributed by atoms with Crippen molar-refractivity contribution in [2.45, 2.75) is 18.5 Å². The lowest BCUT2D eigenvalue weighted by atomic mass is 10.1. The van der Waals surface area contributed by atoms with E-state index in [1.165, 1.54) is 0 Å². The van der Waals surface area contributed by atoms with Crippen LogP contribution in [0, 0.1) is 6.92 Å². The van der Waals surface area contributed by atoms with E-state index >= 15 is 0 Å². The van der Waals surface area contributed by atoms with E-state index in [0.29, 0.717) is 5.75 Å². The molecular formula is C12H14ClF3O2. The Morgan fingerprint density at radius 1 is 1.33 bits per heavy atom. The van der Waals surface area contributed by atoms with E-state index in [0.717, 1.165) is 11.1 Å². The van der Waals surface area contributed by atoms with E-state index < -0.39 is 18.2 Å². The molecular weight excluding hydrogens is 269 g/mol. The Labute approximate surface area is 109 Å². The van der Waals surface area contributed by atoms with E-state index in [2.05, 4.69) is 4.74 Å². The number of methoxy groups -OCH3 is 1. The highest BCUT2D eigenvalue weighted by molar-refractivity contribution is 6.21. The van der Waals surface area contributed by atoms with E-state index in [4.69, 9.17) is 16.3 Å². The number of benzene rings is 1. The van der Waals surface area contributed by atoms with Gasteiger partial charge in [0.25, 0.3) is 0 Å². The number of hydrogen-bond acceptors (Lipinski definition) is 2. The summed E-state index contributed by atoms with van der Waals surface area (Å²) in [4.78, 5) is 0. The molecule has 0 radical (unpaired) electrons. The number of halogens is 4. The van der Waals surface area contributed by atoms with Crippen molar-refractivity contribution in [3.05, 3.63) is 29.3 Å². The number of rotatable bonds is 5. The number of hydrogen-bond donors (Lipinski definition) is 0. The minimum atomic E-state index is -4.33. The maximum atomic E-state index is 11.9. The van der Waals surface area contributed by atoms with Gasteiger partial charge in [0.15, 0.2) is 0 Å². The van der Waals surface area contributed by atoms with Gasteiger partial charge < -0.3 is 9.47 Å². The van der Waals surface area contributed by atoms with Crippen molar-refractivity contribution >= 4 is 11.6 Å². The Hall–Kier alpha value is -0.940. The fourth-order valence-electron chi connectivity index (χ4n) is 1.49. The SMILES string of the molecule is COc1ccc(C(Cl)COCC(F)(F)F)c(C)c1. The average molecular weight is 283 g/mol. The van der Waals surface area contributed by atoms with Crippen molar-refractivity contribution in [1.82, 2.24) is 0 Å². The first-order chi connectivity index (χ1) is 8.33. The predicted molar refractivity (Wildman–Crippen MR) is 63.2 cm³/mol. The molecule has 1 aromatic rings. The summed E-state index contributed by atoms with van der Waals surface area (Å²) in [6.07, 6.45) is -4.33. The van der Waals surface area contributed by atoms with Crippen LogP contribution in [-0.2, 0) is 4.74 Å². The molecule has 0 aliphatic heterocycles. The highest BCUT2D eigenvalue weighted by Crippen LogP contribution is 2.27. The lowest BCUT2D eigenvalue weighted by molar-refractivity contribution is -0.173. The van der Waals surface area contributed by atoms with Crippen LogP contribution in [0.5, 0.6) is 5.75 Å². The second-order valence-electron chi connectivity index (χ2n) is 3.82. The minimum Gasteiger partial charge on any atom is -0.497 e. The fraction of sp³-hybridized carbons (Fsp3) is 0.500.